The van der Waals surface area contributed by atoms with Gasteiger partial charge in [0.2, 0.25) is 0 Å². The number of amides is 2. The lowest BCUT2D eigenvalue weighted by atomic mass is 10.1. The summed E-state index contributed by atoms with van der Waals surface area (Å²) >= 11 is 0. The Balaban J connectivity index is 2.00. The topological polar surface area (TPSA) is 115 Å². The predicted octanol–water partition coefficient (Wildman–Crippen LogP) is 2.64. The van der Waals surface area contributed by atoms with Crippen molar-refractivity contribution in [3.05, 3.63) is 42.0 Å². The van der Waals surface area contributed by atoms with Gasteiger partial charge in [-0.25, -0.2) is 15.2 Å². The Morgan fingerprint density at radius 1 is 1.19 bits per heavy atom. The zero-order valence-corrected chi connectivity index (χ0v) is 14.7. The molecule has 3 aromatic rings. The number of urea groups is 1. The number of carbonyl (C=O) groups excluding carboxylic acids is 1. The van der Waals surface area contributed by atoms with Crippen LogP contribution in [-0.4, -0.2) is 35.9 Å². The minimum Gasteiger partial charge on any atom is -0.497 e. The average Bonchev–Trinajstić information content (AvgIpc) is 3.08. The third-order valence-corrected chi connectivity index (χ3v) is 3.90. The SMILES string of the molecule is COc1ccc(-c2nc3ccc(/C(C)=N/NC(N)=O)cc3[nH]2)c(OC)c1. The van der Waals surface area contributed by atoms with E-state index in [0.717, 1.165) is 22.2 Å². The third kappa shape index (κ3) is 3.44. The van der Waals surface area contributed by atoms with Crippen molar-refractivity contribution in [2.24, 2.45) is 10.8 Å². The summed E-state index contributed by atoms with van der Waals surface area (Å²) in [7, 11) is 3.21. The molecule has 8 heteroatoms. The van der Waals surface area contributed by atoms with Gasteiger partial charge in [0.15, 0.2) is 0 Å². The molecule has 26 heavy (non-hydrogen) atoms. The standard InChI is InChI=1S/C18H19N5O3/c1-10(22-23-18(19)24)11-4-7-14-15(8-11)21-17(20-14)13-6-5-12(25-2)9-16(13)26-3/h4-9H,1-3H3,(H,20,21)(H3,19,23,24)/b22-10+. The minimum atomic E-state index is -0.708. The molecule has 0 spiro atoms. The summed E-state index contributed by atoms with van der Waals surface area (Å²) in [6.45, 7) is 1.78. The maximum absolute atomic E-state index is 10.8. The summed E-state index contributed by atoms with van der Waals surface area (Å²) in [6.07, 6.45) is 0. The van der Waals surface area contributed by atoms with Crippen molar-refractivity contribution in [3.63, 3.8) is 0 Å². The first-order valence-corrected chi connectivity index (χ1v) is 7.84. The van der Waals surface area contributed by atoms with E-state index in [9.17, 15) is 4.79 Å². The fourth-order valence-electron chi connectivity index (χ4n) is 2.56. The third-order valence-electron chi connectivity index (χ3n) is 3.90. The van der Waals surface area contributed by atoms with Crippen LogP contribution in [0.15, 0.2) is 41.5 Å². The van der Waals surface area contributed by atoms with E-state index >= 15 is 0 Å². The second-order valence-corrected chi connectivity index (χ2v) is 5.56. The fraction of sp³-hybridized carbons (Fsp3) is 0.167. The van der Waals surface area contributed by atoms with Gasteiger partial charge in [-0.15, -0.1) is 0 Å². The van der Waals surface area contributed by atoms with Gasteiger partial charge in [0.25, 0.3) is 0 Å². The van der Waals surface area contributed by atoms with Crippen LogP contribution in [-0.2, 0) is 0 Å². The highest BCUT2D eigenvalue weighted by atomic mass is 16.5. The lowest BCUT2D eigenvalue weighted by Crippen LogP contribution is -2.25. The van der Waals surface area contributed by atoms with Gasteiger partial charge in [-0.1, -0.05) is 6.07 Å². The lowest BCUT2D eigenvalue weighted by Gasteiger charge is -2.08. The van der Waals surface area contributed by atoms with Crippen molar-refractivity contribution in [3.8, 4) is 22.9 Å². The van der Waals surface area contributed by atoms with Crippen LogP contribution in [0.3, 0.4) is 0 Å². The lowest BCUT2D eigenvalue weighted by molar-refractivity contribution is 0.249. The predicted molar refractivity (Wildman–Crippen MR) is 99.6 cm³/mol. The summed E-state index contributed by atoms with van der Waals surface area (Å²) in [5.41, 5.74) is 11.2. The van der Waals surface area contributed by atoms with E-state index in [-0.39, 0.29) is 0 Å². The number of nitrogens with two attached hydrogens (primary N) is 1. The highest BCUT2D eigenvalue weighted by molar-refractivity contribution is 6.01. The second kappa shape index (κ2) is 7.14. The van der Waals surface area contributed by atoms with Crippen molar-refractivity contribution in [1.29, 1.82) is 0 Å². The molecule has 0 aliphatic heterocycles. The zero-order valence-electron chi connectivity index (χ0n) is 14.7. The van der Waals surface area contributed by atoms with E-state index < -0.39 is 6.03 Å². The van der Waals surface area contributed by atoms with E-state index in [1.165, 1.54) is 0 Å². The van der Waals surface area contributed by atoms with Crippen LogP contribution < -0.4 is 20.6 Å². The summed E-state index contributed by atoms with van der Waals surface area (Å²) in [4.78, 5) is 18.7. The maximum Gasteiger partial charge on any atom is 0.332 e. The number of imidazole rings is 1. The number of hydrogen-bond acceptors (Lipinski definition) is 5. The number of ether oxygens (including phenoxy) is 2. The van der Waals surface area contributed by atoms with E-state index in [2.05, 4.69) is 20.5 Å². The molecule has 8 nitrogen and oxygen atoms in total. The molecule has 0 bridgehead atoms. The minimum absolute atomic E-state index is 0.629. The van der Waals surface area contributed by atoms with Crippen molar-refractivity contribution in [1.82, 2.24) is 15.4 Å². The molecule has 2 amide bonds. The molecule has 0 saturated heterocycles. The van der Waals surface area contributed by atoms with Gasteiger partial charge >= 0.3 is 6.03 Å². The number of H-pyrrole nitrogens is 1. The molecule has 0 fully saturated rings. The number of hydrazone groups is 1. The van der Waals surface area contributed by atoms with Crippen molar-refractivity contribution < 1.29 is 14.3 Å². The summed E-state index contributed by atoms with van der Waals surface area (Å²) in [6, 6.07) is 10.5. The number of primary amides is 1. The van der Waals surface area contributed by atoms with Crippen LogP contribution in [0.1, 0.15) is 12.5 Å². The van der Waals surface area contributed by atoms with Crippen LogP contribution in [0.2, 0.25) is 0 Å². The highest BCUT2D eigenvalue weighted by Crippen LogP contribution is 2.32. The van der Waals surface area contributed by atoms with Gasteiger partial charge in [0, 0.05) is 6.07 Å². The van der Waals surface area contributed by atoms with E-state index in [1.54, 1.807) is 27.2 Å². The molecule has 3 rings (SSSR count). The molecule has 134 valence electrons. The summed E-state index contributed by atoms with van der Waals surface area (Å²) < 4.78 is 10.7. The summed E-state index contributed by atoms with van der Waals surface area (Å²) in [5.74, 6) is 2.05. The van der Waals surface area contributed by atoms with Crippen LogP contribution in [0.4, 0.5) is 4.79 Å². The van der Waals surface area contributed by atoms with Crippen LogP contribution in [0.25, 0.3) is 22.4 Å². The average molecular weight is 353 g/mol. The smallest absolute Gasteiger partial charge is 0.332 e. The Hall–Kier alpha value is -3.55. The molecule has 2 aromatic carbocycles. The number of fused-ring (bicyclic) bond motifs is 1. The number of rotatable bonds is 5. The molecular formula is C18H19N5O3. The number of nitrogens with zero attached hydrogens (tertiary/aromatic N) is 2. The van der Waals surface area contributed by atoms with Gasteiger partial charge in [-0.2, -0.15) is 5.10 Å². The van der Waals surface area contributed by atoms with Crippen molar-refractivity contribution in [2.75, 3.05) is 14.2 Å². The summed E-state index contributed by atoms with van der Waals surface area (Å²) in [5, 5.41) is 3.94. The normalized spacial score (nSPS) is 11.4. The highest BCUT2D eigenvalue weighted by Gasteiger charge is 2.12. The van der Waals surface area contributed by atoms with Crippen molar-refractivity contribution in [2.45, 2.75) is 6.92 Å². The Morgan fingerprint density at radius 2 is 2.00 bits per heavy atom. The van der Waals surface area contributed by atoms with Gasteiger partial charge in [-0.05, 0) is 36.8 Å². The quantitative estimate of drug-likeness (QED) is 0.483. The molecule has 0 atom stereocenters. The maximum atomic E-state index is 10.8. The number of carbonyl (C=O) groups is 1. The first kappa shape index (κ1) is 17.3. The van der Waals surface area contributed by atoms with E-state index in [1.807, 2.05) is 30.3 Å². The molecule has 0 saturated carbocycles. The molecule has 1 aromatic heterocycles. The zero-order chi connectivity index (χ0) is 18.7. The first-order valence-electron chi connectivity index (χ1n) is 7.84. The van der Waals surface area contributed by atoms with Crippen LogP contribution in [0.5, 0.6) is 11.5 Å². The number of aromatic nitrogens is 2. The fourth-order valence-corrected chi connectivity index (χ4v) is 2.56. The van der Waals surface area contributed by atoms with Gasteiger partial charge < -0.3 is 20.2 Å². The Bertz CT molecular complexity index is 994. The number of methoxy groups -OCH3 is 2. The molecule has 0 aliphatic carbocycles. The molecule has 1 heterocycles. The monoisotopic (exact) mass is 353 g/mol. The number of aromatic amines is 1. The molecule has 0 unspecified atom stereocenters. The van der Waals surface area contributed by atoms with Gasteiger partial charge in [0.05, 0.1) is 36.5 Å². The van der Waals surface area contributed by atoms with E-state index in [4.69, 9.17) is 15.2 Å². The van der Waals surface area contributed by atoms with Gasteiger partial charge in [0.1, 0.15) is 17.3 Å². The van der Waals surface area contributed by atoms with Crippen molar-refractivity contribution >= 4 is 22.8 Å². The molecule has 0 aliphatic rings. The van der Waals surface area contributed by atoms with Gasteiger partial charge in [-0.3, -0.25) is 0 Å². The molecular weight excluding hydrogens is 334 g/mol. The van der Waals surface area contributed by atoms with Crippen LogP contribution >= 0.6 is 0 Å². The largest absolute Gasteiger partial charge is 0.497 e. The Labute approximate surface area is 150 Å². The molecule has 4 N–H and O–H groups in total. The van der Waals surface area contributed by atoms with Crippen LogP contribution in [0, 0.1) is 0 Å². The first-order chi connectivity index (χ1) is 12.5. The number of nitrogens with one attached hydrogen (secondary N) is 2. The molecule has 0 radical (unpaired) electrons. The number of hydrogen-bond donors (Lipinski definition) is 3. The Kier molecular flexibility index (Phi) is 4.74. The Morgan fingerprint density at radius 3 is 2.69 bits per heavy atom. The number of benzene rings is 2. The van der Waals surface area contributed by atoms with E-state index in [0.29, 0.717) is 23.0 Å². The second-order valence-electron chi connectivity index (χ2n) is 5.56.